The predicted molar refractivity (Wildman–Crippen MR) is 90.5 cm³/mol. The lowest BCUT2D eigenvalue weighted by atomic mass is 10.2. The van der Waals surface area contributed by atoms with Gasteiger partial charge in [0.15, 0.2) is 5.82 Å². The average Bonchev–Trinajstić information content (AvgIpc) is 3.01. The van der Waals surface area contributed by atoms with Crippen LogP contribution in [-0.2, 0) is 4.79 Å². The summed E-state index contributed by atoms with van der Waals surface area (Å²) < 4.78 is 35.8. The van der Waals surface area contributed by atoms with Crippen molar-refractivity contribution < 1.29 is 18.0 Å². The Labute approximate surface area is 151 Å². The van der Waals surface area contributed by atoms with Gasteiger partial charge >= 0.3 is 6.18 Å². The summed E-state index contributed by atoms with van der Waals surface area (Å²) in [6, 6.07) is 7.18. The number of amides is 1. The Morgan fingerprint density at radius 1 is 1.24 bits per heavy atom. The molecule has 0 radical (unpaired) electrons. The number of alkyl halides is 3. The molecule has 0 aliphatic heterocycles. The predicted octanol–water partition coefficient (Wildman–Crippen LogP) is 4.07. The number of unbranched alkanes of at least 4 members (excludes halogenated alkanes) is 1. The van der Waals surface area contributed by atoms with Crippen LogP contribution in [0.15, 0.2) is 29.4 Å². The van der Waals surface area contributed by atoms with E-state index in [9.17, 15) is 18.0 Å². The summed E-state index contributed by atoms with van der Waals surface area (Å²) in [5.74, 6) is 0.709. The minimum Gasteiger partial charge on any atom is -0.347 e. The van der Waals surface area contributed by atoms with Crippen molar-refractivity contribution in [2.24, 2.45) is 0 Å². The van der Waals surface area contributed by atoms with Crippen LogP contribution in [0, 0.1) is 0 Å². The first kappa shape index (κ1) is 19.6. The number of H-pyrrole nitrogens is 1. The van der Waals surface area contributed by atoms with Gasteiger partial charge in [0.1, 0.15) is 6.54 Å². The normalized spacial score (nSPS) is 11.5. The van der Waals surface area contributed by atoms with Crippen LogP contribution in [0.1, 0.15) is 19.3 Å². The summed E-state index contributed by atoms with van der Waals surface area (Å²) in [5.41, 5.74) is 0.866. The second-order valence-electron chi connectivity index (χ2n) is 5.17. The van der Waals surface area contributed by atoms with Crippen molar-refractivity contribution >= 4 is 29.3 Å². The minimum atomic E-state index is -4.38. The fraction of sp³-hybridized carbons (Fsp3) is 0.400. The lowest BCUT2D eigenvalue weighted by Crippen LogP contribution is -2.33. The van der Waals surface area contributed by atoms with Gasteiger partial charge in [-0.15, -0.1) is 5.10 Å². The van der Waals surface area contributed by atoms with Gasteiger partial charge in [-0.1, -0.05) is 23.4 Å². The molecule has 0 spiro atoms. The van der Waals surface area contributed by atoms with Gasteiger partial charge in [-0.2, -0.15) is 13.2 Å². The monoisotopic (exact) mass is 392 g/mol. The van der Waals surface area contributed by atoms with Crippen molar-refractivity contribution in [2.75, 3.05) is 12.3 Å². The number of aromatic nitrogens is 3. The molecule has 25 heavy (non-hydrogen) atoms. The molecule has 0 saturated heterocycles. The third kappa shape index (κ3) is 7.35. The van der Waals surface area contributed by atoms with E-state index < -0.39 is 18.6 Å². The smallest absolute Gasteiger partial charge is 0.347 e. The van der Waals surface area contributed by atoms with Gasteiger partial charge in [-0.05, 0) is 37.1 Å². The zero-order chi connectivity index (χ0) is 18.3. The van der Waals surface area contributed by atoms with E-state index in [1.54, 1.807) is 12.1 Å². The number of hydrogen-bond donors (Lipinski definition) is 2. The van der Waals surface area contributed by atoms with Gasteiger partial charge < -0.3 is 5.32 Å². The van der Waals surface area contributed by atoms with Crippen LogP contribution in [0.3, 0.4) is 0 Å². The highest BCUT2D eigenvalue weighted by atomic mass is 35.5. The molecular weight excluding hydrogens is 377 g/mol. The van der Waals surface area contributed by atoms with Crippen molar-refractivity contribution in [1.29, 1.82) is 0 Å². The Balaban J connectivity index is 1.66. The summed E-state index contributed by atoms with van der Waals surface area (Å²) >= 11 is 7.25. The Bertz CT molecular complexity index is 691. The molecular formula is C15H16ClF3N4OS. The third-order valence-electron chi connectivity index (χ3n) is 3.10. The summed E-state index contributed by atoms with van der Waals surface area (Å²) in [7, 11) is 0. The third-order valence-corrected chi connectivity index (χ3v) is 4.28. The van der Waals surface area contributed by atoms with Crippen molar-refractivity contribution in [3.63, 3.8) is 0 Å². The molecule has 5 nitrogen and oxygen atoms in total. The molecule has 0 aliphatic rings. The highest BCUT2D eigenvalue weighted by Crippen LogP contribution is 2.21. The molecule has 1 aromatic heterocycles. The number of halogens is 4. The molecule has 0 fully saturated rings. The number of hydrogen-bond acceptors (Lipinski definition) is 4. The summed E-state index contributed by atoms with van der Waals surface area (Å²) in [6.07, 6.45) is -3.13. The van der Waals surface area contributed by atoms with Crippen molar-refractivity contribution in [2.45, 2.75) is 30.6 Å². The number of rotatable bonds is 8. The van der Waals surface area contributed by atoms with E-state index >= 15 is 0 Å². The van der Waals surface area contributed by atoms with E-state index in [-0.39, 0.29) is 6.42 Å². The van der Waals surface area contributed by atoms with Crippen LogP contribution < -0.4 is 5.32 Å². The fourth-order valence-corrected chi connectivity index (χ4v) is 2.81. The Morgan fingerprint density at radius 3 is 2.64 bits per heavy atom. The van der Waals surface area contributed by atoms with Crippen molar-refractivity contribution in [1.82, 2.24) is 20.5 Å². The molecule has 0 aliphatic carbocycles. The van der Waals surface area contributed by atoms with E-state index in [1.807, 2.05) is 17.4 Å². The molecule has 0 bridgehead atoms. The number of benzene rings is 1. The molecule has 1 aromatic carbocycles. The molecule has 2 rings (SSSR count). The fourth-order valence-electron chi connectivity index (χ4n) is 1.89. The van der Waals surface area contributed by atoms with Crippen molar-refractivity contribution in [3.05, 3.63) is 29.3 Å². The van der Waals surface area contributed by atoms with Crippen LogP contribution in [0.5, 0.6) is 0 Å². The van der Waals surface area contributed by atoms with Gasteiger partial charge in [-0.3, -0.25) is 9.89 Å². The van der Waals surface area contributed by atoms with E-state index in [2.05, 4.69) is 15.2 Å². The second kappa shape index (κ2) is 9.10. The van der Waals surface area contributed by atoms with Crippen LogP contribution in [0.4, 0.5) is 13.2 Å². The Kier molecular flexibility index (Phi) is 7.12. The Morgan fingerprint density at radius 2 is 1.96 bits per heavy atom. The molecule has 2 aromatic rings. The minimum absolute atomic E-state index is 0.0701. The van der Waals surface area contributed by atoms with E-state index in [4.69, 9.17) is 11.6 Å². The SMILES string of the molecule is O=C(CCCCSc1n[nH]c(-c2ccc(Cl)cc2)n1)NCC(F)(F)F. The Hall–Kier alpha value is -1.74. The summed E-state index contributed by atoms with van der Waals surface area (Å²) in [6.45, 7) is -1.29. The molecule has 2 N–H and O–H groups in total. The standard InChI is InChI=1S/C15H16ClF3N4OS/c16-11-6-4-10(5-7-11)13-21-14(23-22-13)25-8-2-1-3-12(24)20-9-15(17,18)19/h4-7H,1-3,8-9H2,(H,20,24)(H,21,22,23). The molecule has 136 valence electrons. The van der Waals surface area contributed by atoms with E-state index in [0.29, 0.717) is 34.6 Å². The van der Waals surface area contributed by atoms with Gasteiger partial charge in [-0.25, -0.2) is 4.98 Å². The number of thioether (sulfide) groups is 1. The first-order valence-electron chi connectivity index (χ1n) is 7.48. The summed E-state index contributed by atoms with van der Waals surface area (Å²) in [4.78, 5) is 15.6. The highest BCUT2D eigenvalue weighted by molar-refractivity contribution is 7.99. The highest BCUT2D eigenvalue weighted by Gasteiger charge is 2.27. The first-order chi connectivity index (χ1) is 11.8. The number of aromatic amines is 1. The lowest BCUT2D eigenvalue weighted by molar-refractivity contribution is -0.138. The maximum atomic E-state index is 11.9. The maximum Gasteiger partial charge on any atom is 0.405 e. The van der Waals surface area contributed by atoms with Gasteiger partial charge in [0.25, 0.3) is 0 Å². The van der Waals surface area contributed by atoms with Crippen LogP contribution >= 0.6 is 23.4 Å². The van der Waals surface area contributed by atoms with Gasteiger partial charge in [0, 0.05) is 22.8 Å². The van der Waals surface area contributed by atoms with Crippen LogP contribution in [-0.4, -0.2) is 39.6 Å². The quantitative estimate of drug-likeness (QED) is 0.525. The zero-order valence-corrected chi connectivity index (χ0v) is 14.6. The number of nitrogens with one attached hydrogen (secondary N) is 2. The largest absolute Gasteiger partial charge is 0.405 e. The molecule has 10 heteroatoms. The van der Waals surface area contributed by atoms with Crippen LogP contribution in [0.2, 0.25) is 5.02 Å². The molecule has 1 amide bonds. The summed E-state index contributed by atoms with van der Waals surface area (Å²) in [5, 5.41) is 9.99. The van der Waals surface area contributed by atoms with E-state index in [0.717, 1.165) is 5.56 Å². The van der Waals surface area contributed by atoms with Gasteiger partial charge in [0.05, 0.1) is 0 Å². The molecule has 0 saturated carbocycles. The van der Waals surface area contributed by atoms with Gasteiger partial charge in [0.2, 0.25) is 11.1 Å². The molecule has 0 unspecified atom stereocenters. The maximum absolute atomic E-state index is 11.9. The first-order valence-corrected chi connectivity index (χ1v) is 8.84. The van der Waals surface area contributed by atoms with E-state index in [1.165, 1.54) is 11.8 Å². The lowest BCUT2D eigenvalue weighted by Gasteiger charge is -2.07. The topological polar surface area (TPSA) is 70.7 Å². The van der Waals surface area contributed by atoms with Crippen molar-refractivity contribution in [3.8, 4) is 11.4 Å². The number of carbonyl (C=O) groups excluding carboxylic acids is 1. The number of carbonyl (C=O) groups is 1. The second-order valence-corrected chi connectivity index (χ2v) is 6.67. The average molecular weight is 393 g/mol. The molecule has 0 atom stereocenters. The zero-order valence-electron chi connectivity index (χ0n) is 13.1. The van der Waals surface area contributed by atoms with Crippen LogP contribution in [0.25, 0.3) is 11.4 Å². The number of nitrogens with zero attached hydrogens (tertiary/aromatic N) is 2. The molecule has 1 heterocycles.